The zero-order valence-electron chi connectivity index (χ0n) is 8.48. The molecule has 0 aromatic heterocycles. The monoisotopic (exact) mass is 286 g/mol. The Bertz CT molecular complexity index is 432. The van der Waals surface area contributed by atoms with Crippen molar-refractivity contribution in [1.82, 2.24) is 0 Å². The summed E-state index contributed by atoms with van der Waals surface area (Å²) in [7, 11) is 0. The van der Waals surface area contributed by atoms with Gasteiger partial charge in [-0.05, 0) is 40.9 Å². The van der Waals surface area contributed by atoms with E-state index in [-0.39, 0.29) is 11.2 Å². The molecule has 0 atom stereocenters. The van der Waals surface area contributed by atoms with Gasteiger partial charge in [0.2, 0.25) is 0 Å². The summed E-state index contributed by atoms with van der Waals surface area (Å²) in [5.74, 6) is 0.478. The van der Waals surface area contributed by atoms with E-state index in [1.165, 1.54) is 6.07 Å². The van der Waals surface area contributed by atoms with Crippen molar-refractivity contribution in [1.29, 1.82) is 0 Å². The van der Waals surface area contributed by atoms with Gasteiger partial charge in [-0.3, -0.25) is 10.1 Å². The molecule has 0 amide bonds. The highest BCUT2D eigenvalue weighted by Gasteiger charge is 2.39. The van der Waals surface area contributed by atoms with Crippen molar-refractivity contribution in [2.45, 2.75) is 18.4 Å². The third kappa shape index (κ3) is 2.51. The molecule has 1 saturated carbocycles. The average Bonchev–Trinajstić information content (AvgIpc) is 2.96. The van der Waals surface area contributed by atoms with Gasteiger partial charge >= 0.3 is 0 Å². The van der Waals surface area contributed by atoms with Gasteiger partial charge < -0.3 is 10.5 Å². The minimum Gasteiger partial charge on any atom is -0.491 e. The van der Waals surface area contributed by atoms with E-state index in [1.54, 1.807) is 12.1 Å². The van der Waals surface area contributed by atoms with E-state index in [0.29, 0.717) is 16.8 Å². The first kappa shape index (κ1) is 11.3. The molecule has 0 spiro atoms. The molecule has 1 aliphatic rings. The van der Waals surface area contributed by atoms with Gasteiger partial charge in [0.05, 0.1) is 21.0 Å². The lowest BCUT2D eigenvalue weighted by atomic mass is 10.3. The molecule has 0 saturated heterocycles. The van der Waals surface area contributed by atoms with Crippen LogP contribution in [0.25, 0.3) is 0 Å². The van der Waals surface area contributed by atoms with Crippen LogP contribution in [-0.4, -0.2) is 17.1 Å². The molecule has 5 nitrogen and oxygen atoms in total. The number of benzene rings is 1. The molecule has 6 heteroatoms. The number of nitro groups is 1. The van der Waals surface area contributed by atoms with Crippen molar-refractivity contribution < 1.29 is 9.66 Å². The zero-order valence-corrected chi connectivity index (χ0v) is 10.1. The first-order valence-electron chi connectivity index (χ1n) is 4.86. The molecule has 1 aliphatic carbocycles. The Labute approximate surface area is 101 Å². The normalized spacial score (nSPS) is 16.9. The standard InChI is InChI=1S/C10H11BrN2O3/c11-8-2-1-7(5-9(8)13(14)15)16-6-10(12)3-4-10/h1-2,5H,3-4,6,12H2. The number of nitro benzene ring substituents is 1. The van der Waals surface area contributed by atoms with Crippen LogP contribution in [0.2, 0.25) is 0 Å². The Morgan fingerprint density at radius 1 is 1.56 bits per heavy atom. The summed E-state index contributed by atoms with van der Waals surface area (Å²) in [5.41, 5.74) is 5.63. The first-order valence-corrected chi connectivity index (χ1v) is 5.65. The second-order valence-electron chi connectivity index (χ2n) is 4.02. The van der Waals surface area contributed by atoms with Crippen LogP contribution in [0.4, 0.5) is 5.69 Å². The maximum absolute atomic E-state index is 10.7. The molecule has 0 heterocycles. The number of nitrogens with zero attached hydrogens (tertiary/aromatic N) is 1. The Balaban J connectivity index is 2.09. The summed E-state index contributed by atoms with van der Waals surface area (Å²) < 4.78 is 5.87. The Hall–Kier alpha value is -1.14. The summed E-state index contributed by atoms with van der Waals surface area (Å²) in [4.78, 5) is 10.2. The van der Waals surface area contributed by atoms with Crippen LogP contribution in [-0.2, 0) is 0 Å². The van der Waals surface area contributed by atoms with Crippen molar-refractivity contribution in [3.05, 3.63) is 32.8 Å². The average molecular weight is 287 g/mol. The summed E-state index contributed by atoms with van der Waals surface area (Å²) in [5, 5.41) is 10.7. The fourth-order valence-electron chi connectivity index (χ4n) is 1.25. The first-order chi connectivity index (χ1) is 7.50. The highest BCUT2D eigenvalue weighted by Crippen LogP contribution is 2.34. The molecule has 2 N–H and O–H groups in total. The van der Waals surface area contributed by atoms with Crippen molar-refractivity contribution in [2.75, 3.05) is 6.61 Å². The predicted octanol–water partition coefficient (Wildman–Crippen LogP) is 2.23. The molecule has 1 aromatic carbocycles. The molecule has 1 fully saturated rings. The highest BCUT2D eigenvalue weighted by atomic mass is 79.9. The molecular weight excluding hydrogens is 276 g/mol. The van der Waals surface area contributed by atoms with Crippen LogP contribution in [0, 0.1) is 10.1 Å². The van der Waals surface area contributed by atoms with E-state index in [2.05, 4.69) is 15.9 Å². The summed E-state index contributed by atoms with van der Waals surface area (Å²) in [6.45, 7) is 0.409. The Morgan fingerprint density at radius 2 is 2.25 bits per heavy atom. The summed E-state index contributed by atoms with van der Waals surface area (Å²) in [6.07, 6.45) is 1.90. The van der Waals surface area contributed by atoms with Crippen LogP contribution in [0.5, 0.6) is 5.75 Å². The van der Waals surface area contributed by atoms with Crippen molar-refractivity contribution >= 4 is 21.6 Å². The van der Waals surface area contributed by atoms with E-state index >= 15 is 0 Å². The van der Waals surface area contributed by atoms with Crippen LogP contribution in [0.3, 0.4) is 0 Å². The molecule has 0 unspecified atom stereocenters. The van der Waals surface area contributed by atoms with Gasteiger partial charge in [0, 0.05) is 0 Å². The lowest BCUT2D eigenvalue weighted by molar-refractivity contribution is -0.385. The Morgan fingerprint density at radius 3 is 2.81 bits per heavy atom. The lowest BCUT2D eigenvalue weighted by Crippen LogP contribution is -2.29. The van der Waals surface area contributed by atoms with Crippen LogP contribution in [0.15, 0.2) is 22.7 Å². The van der Waals surface area contributed by atoms with Gasteiger partial charge in [-0.1, -0.05) is 0 Å². The van der Waals surface area contributed by atoms with Gasteiger partial charge in [0.1, 0.15) is 12.4 Å². The summed E-state index contributed by atoms with van der Waals surface area (Å²) >= 11 is 3.11. The zero-order chi connectivity index (χ0) is 11.8. The predicted molar refractivity (Wildman–Crippen MR) is 62.4 cm³/mol. The van der Waals surface area contributed by atoms with Crippen molar-refractivity contribution in [3.63, 3.8) is 0 Å². The molecule has 0 bridgehead atoms. The maximum atomic E-state index is 10.7. The van der Waals surface area contributed by atoms with Gasteiger partial charge in [-0.15, -0.1) is 0 Å². The largest absolute Gasteiger partial charge is 0.491 e. The van der Waals surface area contributed by atoms with Gasteiger partial charge in [-0.25, -0.2) is 0 Å². The topological polar surface area (TPSA) is 78.4 Å². The maximum Gasteiger partial charge on any atom is 0.287 e. The van der Waals surface area contributed by atoms with E-state index in [0.717, 1.165) is 12.8 Å². The highest BCUT2D eigenvalue weighted by molar-refractivity contribution is 9.10. The van der Waals surface area contributed by atoms with Crippen LogP contribution >= 0.6 is 15.9 Å². The second kappa shape index (κ2) is 4.03. The number of hydrogen-bond donors (Lipinski definition) is 1. The van der Waals surface area contributed by atoms with Gasteiger partial charge in [-0.2, -0.15) is 0 Å². The number of hydrogen-bond acceptors (Lipinski definition) is 4. The summed E-state index contributed by atoms with van der Waals surface area (Å²) in [6, 6.07) is 4.68. The number of halogens is 1. The smallest absolute Gasteiger partial charge is 0.287 e. The number of ether oxygens (including phenoxy) is 1. The van der Waals surface area contributed by atoms with Gasteiger partial charge in [0.25, 0.3) is 5.69 Å². The van der Waals surface area contributed by atoms with E-state index < -0.39 is 4.92 Å². The second-order valence-corrected chi connectivity index (χ2v) is 4.88. The van der Waals surface area contributed by atoms with Crippen LogP contribution < -0.4 is 10.5 Å². The molecule has 0 radical (unpaired) electrons. The van der Waals surface area contributed by atoms with Gasteiger partial charge in [0.15, 0.2) is 0 Å². The van der Waals surface area contributed by atoms with E-state index in [9.17, 15) is 10.1 Å². The van der Waals surface area contributed by atoms with Crippen molar-refractivity contribution in [2.24, 2.45) is 5.73 Å². The van der Waals surface area contributed by atoms with E-state index in [1.807, 2.05) is 0 Å². The SMILES string of the molecule is NC1(COc2ccc(Br)c([N+](=O)[O-])c2)CC1. The van der Waals surface area contributed by atoms with E-state index in [4.69, 9.17) is 10.5 Å². The van der Waals surface area contributed by atoms with Crippen LogP contribution in [0.1, 0.15) is 12.8 Å². The molecule has 1 aromatic rings. The molecule has 86 valence electrons. The molecule has 0 aliphatic heterocycles. The molecule has 2 rings (SSSR count). The molecular formula is C10H11BrN2O3. The fraction of sp³-hybridized carbons (Fsp3) is 0.400. The third-order valence-corrected chi connectivity index (χ3v) is 3.20. The minimum absolute atomic E-state index is 0.000585. The fourth-order valence-corrected chi connectivity index (χ4v) is 1.65. The lowest BCUT2D eigenvalue weighted by Gasteiger charge is -2.10. The van der Waals surface area contributed by atoms with Crippen molar-refractivity contribution in [3.8, 4) is 5.75 Å². The Kier molecular flexibility index (Phi) is 2.86. The quantitative estimate of drug-likeness (QED) is 0.680. The number of nitrogens with two attached hydrogens (primary N) is 1. The molecule has 16 heavy (non-hydrogen) atoms. The number of rotatable bonds is 4. The third-order valence-electron chi connectivity index (χ3n) is 2.53. The minimum atomic E-state index is -0.452.